The van der Waals surface area contributed by atoms with Gasteiger partial charge in [0.25, 0.3) is 0 Å². The Bertz CT molecular complexity index is 1830. The second-order valence-corrected chi connectivity index (χ2v) is 10.8. The van der Waals surface area contributed by atoms with Crippen LogP contribution < -0.4 is 15.3 Å². The molecule has 0 radical (unpaired) electrons. The van der Waals surface area contributed by atoms with Gasteiger partial charge in [0, 0.05) is 16.7 Å². The van der Waals surface area contributed by atoms with Gasteiger partial charge in [0.05, 0.1) is 0 Å². The molecule has 0 saturated carbocycles. The number of benzene rings is 6. The molecule has 0 spiro atoms. The van der Waals surface area contributed by atoms with Crippen LogP contribution in [0.4, 0.5) is 0 Å². The van der Waals surface area contributed by atoms with Gasteiger partial charge < -0.3 is 15.3 Å². The van der Waals surface area contributed by atoms with E-state index in [9.17, 15) is 29.7 Å². The molecule has 0 atom stereocenters. The van der Waals surface area contributed by atoms with Gasteiger partial charge in [0.2, 0.25) is 0 Å². The van der Waals surface area contributed by atoms with Crippen molar-refractivity contribution in [3.8, 4) is 0 Å². The van der Waals surface area contributed by atoms with Crippen LogP contribution in [-0.2, 0) is 0 Å². The molecule has 0 fully saturated rings. The van der Waals surface area contributed by atoms with Crippen molar-refractivity contribution in [3.05, 3.63) is 234 Å². The number of rotatable bonds is 9. The molecule has 6 aromatic rings. The van der Waals surface area contributed by atoms with Crippen molar-refractivity contribution < 1.29 is 79.1 Å². The third-order valence-corrected chi connectivity index (χ3v) is 7.14. The van der Waals surface area contributed by atoms with Crippen molar-refractivity contribution in [2.45, 2.75) is 0 Å². The summed E-state index contributed by atoms with van der Waals surface area (Å²) in [5.74, 6) is -1.59. The van der Waals surface area contributed by atoms with Gasteiger partial charge in [-0.1, -0.05) is 199 Å². The maximum atomic E-state index is 11.8. The number of carbonyl (C=O) groups excluding carboxylic acids is 3. The standard InChI is InChI=1S/3C15H12O2.Eu/c3*16-14(12-7-3-1-4-8-12)11-15(17)13-9-5-2-6-10-13;/h3*1-11,16H;/q;;;+3/p-3. The average Bonchev–Trinajstić information content (AvgIpc) is 3.20. The molecule has 0 bridgehead atoms. The molecule has 0 saturated heterocycles. The molecular formula is C45H33EuO6. The summed E-state index contributed by atoms with van der Waals surface area (Å²) < 4.78 is 0. The van der Waals surface area contributed by atoms with E-state index in [1.807, 2.05) is 36.4 Å². The average molecular weight is 822 g/mol. The fourth-order valence-corrected chi connectivity index (χ4v) is 4.47. The van der Waals surface area contributed by atoms with Crippen molar-refractivity contribution in [2.75, 3.05) is 0 Å². The Hall–Kier alpha value is -5.47. The third-order valence-electron chi connectivity index (χ3n) is 7.14. The maximum Gasteiger partial charge on any atom is 3.00 e. The molecule has 7 heteroatoms. The van der Waals surface area contributed by atoms with E-state index >= 15 is 0 Å². The molecule has 52 heavy (non-hydrogen) atoms. The number of allylic oxidation sites excluding steroid dienone is 3. The van der Waals surface area contributed by atoms with E-state index < -0.39 is 0 Å². The first-order chi connectivity index (χ1) is 24.8. The van der Waals surface area contributed by atoms with Gasteiger partial charge in [0.15, 0.2) is 17.3 Å². The van der Waals surface area contributed by atoms with E-state index in [0.29, 0.717) is 33.4 Å². The van der Waals surface area contributed by atoms with Gasteiger partial charge in [-0.15, -0.1) is 0 Å². The first-order valence-electron chi connectivity index (χ1n) is 15.9. The molecule has 0 heterocycles. The van der Waals surface area contributed by atoms with Gasteiger partial charge in [-0.2, -0.15) is 0 Å². The number of hydrogen-bond donors (Lipinski definition) is 0. The monoisotopic (exact) mass is 822 g/mol. The summed E-state index contributed by atoms with van der Waals surface area (Å²) in [6, 6.07) is 52.5. The molecule has 0 N–H and O–H groups in total. The van der Waals surface area contributed by atoms with Crippen molar-refractivity contribution in [2.24, 2.45) is 0 Å². The Morgan fingerprint density at radius 3 is 0.615 bits per heavy atom. The van der Waals surface area contributed by atoms with Crippen molar-refractivity contribution in [3.63, 3.8) is 0 Å². The minimum absolute atomic E-state index is 0. The molecule has 0 aliphatic carbocycles. The van der Waals surface area contributed by atoms with E-state index in [-0.39, 0.29) is 84.0 Å². The fourth-order valence-electron chi connectivity index (χ4n) is 4.47. The van der Waals surface area contributed by atoms with Crippen LogP contribution in [0.3, 0.4) is 0 Å². The van der Waals surface area contributed by atoms with E-state index in [4.69, 9.17) is 0 Å². The number of ketones is 3. The van der Waals surface area contributed by atoms with E-state index in [2.05, 4.69) is 0 Å². The molecule has 6 nitrogen and oxygen atoms in total. The predicted octanol–water partition coefficient (Wildman–Crippen LogP) is 6.81. The summed E-state index contributed by atoms with van der Waals surface area (Å²) >= 11 is 0. The largest absolute Gasteiger partial charge is 3.00 e. The second-order valence-electron chi connectivity index (χ2n) is 10.8. The van der Waals surface area contributed by atoms with E-state index in [0.717, 1.165) is 18.2 Å². The maximum absolute atomic E-state index is 11.8. The van der Waals surface area contributed by atoms with E-state index in [1.165, 1.54) is 0 Å². The molecule has 0 unspecified atom stereocenters. The Labute approximate surface area is 344 Å². The summed E-state index contributed by atoms with van der Waals surface area (Å²) in [5.41, 5.74) is 3.15. The quantitative estimate of drug-likeness (QED) is 0.0899. The fraction of sp³-hybridized carbons (Fsp3) is 0. The first kappa shape index (κ1) is 41.0. The summed E-state index contributed by atoms with van der Waals surface area (Å²) in [6.45, 7) is 0. The van der Waals surface area contributed by atoms with Gasteiger partial charge in [0.1, 0.15) is 0 Å². The van der Waals surface area contributed by atoms with Crippen molar-refractivity contribution in [1.82, 2.24) is 0 Å². The van der Waals surface area contributed by atoms with Crippen LogP contribution in [-0.4, -0.2) is 17.3 Å². The molecule has 256 valence electrons. The van der Waals surface area contributed by atoms with E-state index in [1.54, 1.807) is 146 Å². The van der Waals surface area contributed by atoms with Crippen LogP contribution in [0.2, 0.25) is 0 Å². The molecule has 0 aliphatic rings. The van der Waals surface area contributed by atoms with Crippen molar-refractivity contribution >= 4 is 34.6 Å². The Balaban J connectivity index is 0.000000208. The Morgan fingerprint density at radius 1 is 0.288 bits per heavy atom. The molecule has 6 rings (SSSR count). The summed E-state index contributed by atoms with van der Waals surface area (Å²) in [6.07, 6.45) is 3.39. The van der Waals surface area contributed by atoms with Crippen LogP contribution in [0.25, 0.3) is 17.3 Å². The zero-order valence-electron chi connectivity index (χ0n) is 27.9. The number of carbonyl (C=O) groups is 3. The normalized spacial score (nSPS) is 11.0. The third kappa shape index (κ3) is 13.7. The molecule has 0 aliphatic heterocycles. The van der Waals surface area contributed by atoms with Crippen LogP contribution in [0, 0.1) is 49.4 Å². The van der Waals surface area contributed by atoms with Gasteiger partial charge in [-0.3, -0.25) is 14.4 Å². The predicted molar refractivity (Wildman–Crippen MR) is 196 cm³/mol. The summed E-state index contributed by atoms with van der Waals surface area (Å²) in [7, 11) is 0. The Kier molecular flexibility index (Phi) is 17.6. The minimum Gasteiger partial charge on any atom is -0.872 e. The zero-order chi connectivity index (χ0) is 36.3. The second kappa shape index (κ2) is 22.4. The minimum atomic E-state index is -0.264. The molecule has 0 amide bonds. The summed E-state index contributed by atoms with van der Waals surface area (Å²) in [5, 5.41) is 35.3. The van der Waals surface area contributed by atoms with Crippen LogP contribution in [0.5, 0.6) is 0 Å². The Morgan fingerprint density at radius 2 is 0.442 bits per heavy atom. The first-order valence-corrected chi connectivity index (χ1v) is 15.9. The van der Waals surface area contributed by atoms with Crippen LogP contribution in [0.15, 0.2) is 200 Å². The smallest absolute Gasteiger partial charge is 0.872 e. The number of hydrogen-bond acceptors (Lipinski definition) is 6. The summed E-state index contributed by atoms with van der Waals surface area (Å²) in [4.78, 5) is 35.3. The van der Waals surface area contributed by atoms with Gasteiger partial charge >= 0.3 is 49.4 Å². The molecule has 0 aromatic heterocycles. The van der Waals surface area contributed by atoms with Gasteiger partial charge in [-0.25, -0.2) is 0 Å². The van der Waals surface area contributed by atoms with Crippen LogP contribution in [0.1, 0.15) is 47.8 Å². The SMILES string of the molecule is O=C(C=C([O-])c1ccccc1)c1ccccc1.O=C(C=C([O-])c1ccccc1)c1ccccc1.O=C(C=C([O-])c1ccccc1)c1ccccc1.[Eu+3]. The molecule has 6 aromatic carbocycles. The topological polar surface area (TPSA) is 120 Å². The van der Waals surface area contributed by atoms with Gasteiger partial charge in [-0.05, 0) is 34.9 Å². The zero-order valence-corrected chi connectivity index (χ0v) is 30.3. The van der Waals surface area contributed by atoms with Crippen molar-refractivity contribution in [1.29, 1.82) is 0 Å². The van der Waals surface area contributed by atoms with Crippen LogP contribution >= 0.6 is 0 Å². The molecular weight excluding hydrogens is 788 g/mol.